The van der Waals surface area contributed by atoms with Crippen molar-refractivity contribution in [2.45, 2.75) is 38.0 Å². The molecular formula is C15H18ClNO2. The van der Waals surface area contributed by atoms with Crippen LogP contribution in [0.25, 0.3) is 11.1 Å². The average Bonchev–Trinajstić information content (AvgIpc) is 2.95. The van der Waals surface area contributed by atoms with Gasteiger partial charge in [0.05, 0.1) is 10.9 Å². The number of halogens is 1. The molecule has 1 atom stereocenters. The Balaban J connectivity index is 2.03. The molecule has 19 heavy (non-hydrogen) atoms. The zero-order chi connectivity index (χ0) is 13.6. The van der Waals surface area contributed by atoms with Crippen LogP contribution in [0, 0.1) is 5.41 Å². The molecule has 4 heteroatoms. The van der Waals surface area contributed by atoms with Gasteiger partial charge in [-0.15, -0.1) is 11.6 Å². The van der Waals surface area contributed by atoms with Crippen molar-refractivity contribution in [3.05, 3.63) is 34.3 Å². The Labute approximate surface area is 117 Å². The van der Waals surface area contributed by atoms with Gasteiger partial charge in [0.25, 0.3) is 0 Å². The van der Waals surface area contributed by atoms with E-state index < -0.39 is 0 Å². The lowest BCUT2D eigenvalue weighted by Gasteiger charge is -2.29. The third-order valence-corrected chi connectivity index (χ3v) is 5.25. The summed E-state index contributed by atoms with van der Waals surface area (Å²) in [4.78, 5) is 11.5. The number of hydrogen-bond acceptors (Lipinski definition) is 2. The van der Waals surface area contributed by atoms with Crippen LogP contribution in [-0.2, 0) is 7.05 Å². The van der Waals surface area contributed by atoms with Crippen LogP contribution in [-0.4, -0.2) is 4.57 Å². The van der Waals surface area contributed by atoms with E-state index in [0.29, 0.717) is 5.58 Å². The lowest BCUT2D eigenvalue weighted by molar-refractivity contribution is 0.322. The summed E-state index contributed by atoms with van der Waals surface area (Å²) < 4.78 is 6.75. The summed E-state index contributed by atoms with van der Waals surface area (Å²) >= 11 is 6.67. The number of aryl methyl sites for hydroxylation is 1. The second kappa shape index (κ2) is 4.41. The van der Waals surface area contributed by atoms with Gasteiger partial charge in [-0.1, -0.05) is 25.8 Å². The zero-order valence-electron chi connectivity index (χ0n) is 11.3. The monoisotopic (exact) mass is 279 g/mol. The van der Waals surface area contributed by atoms with E-state index in [1.165, 1.54) is 17.4 Å². The topological polar surface area (TPSA) is 35.1 Å². The maximum absolute atomic E-state index is 11.5. The van der Waals surface area contributed by atoms with Gasteiger partial charge in [-0.3, -0.25) is 4.57 Å². The first-order valence-corrected chi connectivity index (χ1v) is 7.18. The van der Waals surface area contributed by atoms with Gasteiger partial charge in [-0.05, 0) is 36.0 Å². The lowest BCUT2D eigenvalue weighted by Crippen LogP contribution is -2.17. The first kappa shape index (κ1) is 12.8. The standard InChI is InChI=1S/C15H18ClNO2/c1-15(7-3-4-8-15)13(16)10-5-6-11-12(9-10)19-14(18)17(11)2/h5-6,9,13H,3-4,7-8H2,1-2H3. The zero-order valence-corrected chi connectivity index (χ0v) is 12.0. The van der Waals surface area contributed by atoms with Crippen LogP contribution in [0.2, 0.25) is 0 Å². The number of fused-ring (bicyclic) bond motifs is 1. The first-order valence-electron chi connectivity index (χ1n) is 6.75. The van der Waals surface area contributed by atoms with Crippen LogP contribution >= 0.6 is 11.6 Å². The molecular weight excluding hydrogens is 262 g/mol. The summed E-state index contributed by atoms with van der Waals surface area (Å²) in [5, 5.41) is -0.0232. The van der Waals surface area contributed by atoms with Crippen molar-refractivity contribution in [1.82, 2.24) is 4.57 Å². The molecule has 0 amide bonds. The van der Waals surface area contributed by atoms with Crippen LogP contribution in [0.15, 0.2) is 27.4 Å². The Kier molecular flexibility index (Phi) is 2.97. The number of benzene rings is 1. The summed E-state index contributed by atoms with van der Waals surface area (Å²) in [6, 6.07) is 5.85. The number of nitrogens with zero attached hydrogens (tertiary/aromatic N) is 1. The van der Waals surface area contributed by atoms with Gasteiger partial charge in [-0.25, -0.2) is 4.79 Å². The highest BCUT2D eigenvalue weighted by atomic mass is 35.5. The number of oxazole rings is 1. The van der Waals surface area contributed by atoms with Crippen molar-refractivity contribution in [2.24, 2.45) is 12.5 Å². The van der Waals surface area contributed by atoms with Gasteiger partial charge in [0.2, 0.25) is 0 Å². The molecule has 3 nitrogen and oxygen atoms in total. The molecule has 0 aliphatic heterocycles. The SMILES string of the molecule is Cn1c(=O)oc2cc(C(Cl)C3(C)CCCC3)ccc21. The van der Waals surface area contributed by atoms with E-state index in [4.69, 9.17) is 16.0 Å². The molecule has 0 radical (unpaired) electrons. The minimum absolute atomic E-state index is 0.0232. The predicted molar refractivity (Wildman–Crippen MR) is 76.6 cm³/mol. The van der Waals surface area contributed by atoms with Gasteiger partial charge in [0.15, 0.2) is 5.58 Å². The maximum atomic E-state index is 11.5. The van der Waals surface area contributed by atoms with Crippen LogP contribution in [0.5, 0.6) is 0 Å². The molecule has 102 valence electrons. The number of alkyl halides is 1. The highest BCUT2D eigenvalue weighted by molar-refractivity contribution is 6.21. The molecule has 0 spiro atoms. The van der Waals surface area contributed by atoms with Crippen molar-refractivity contribution >= 4 is 22.7 Å². The fraction of sp³-hybridized carbons (Fsp3) is 0.533. The van der Waals surface area contributed by atoms with Gasteiger partial charge in [0, 0.05) is 7.05 Å². The third kappa shape index (κ3) is 2.00. The molecule has 0 N–H and O–H groups in total. The molecule has 1 heterocycles. The molecule has 1 aliphatic rings. The quantitative estimate of drug-likeness (QED) is 0.779. The average molecular weight is 280 g/mol. The van der Waals surface area contributed by atoms with Crippen molar-refractivity contribution in [3.63, 3.8) is 0 Å². The van der Waals surface area contributed by atoms with Crippen LogP contribution in [0.3, 0.4) is 0 Å². The van der Waals surface area contributed by atoms with E-state index in [1.807, 2.05) is 18.2 Å². The van der Waals surface area contributed by atoms with Crippen molar-refractivity contribution < 1.29 is 4.42 Å². The van der Waals surface area contributed by atoms with Crippen LogP contribution in [0.1, 0.15) is 43.5 Å². The molecule has 1 unspecified atom stereocenters. The van der Waals surface area contributed by atoms with E-state index in [1.54, 1.807) is 7.05 Å². The molecule has 1 saturated carbocycles. The highest BCUT2D eigenvalue weighted by Gasteiger charge is 2.36. The smallest absolute Gasteiger partial charge is 0.408 e. The van der Waals surface area contributed by atoms with Gasteiger partial charge < -0.3 is 4.42 Å². The summed E-state index contributed by atoms with van der Waals surface area (Å²) in [6.45, 7) is 2.25. The van der Waals surface area contributed by atoms with Crippen molar-refractivity contribution in [1.29, 1.82) is 0 Å². The second-order valence-corrected chi connectivity index (χ2v) is 6.31. The minimum atomic E-state index is -0.328. The van der Waals surface area contributed by atoms with Crippen molar-refractivity contribution in [2.75, 3.05) is 0 Å². The van der Waals surface area contributed by atoms with Gasteiger partial charge in [0.1, 0.15) is 0 Å². The second-order valence-electron chi connectivity index (χ2n) is 5.88. The normalized spacial score (nSPS) is 19.9. The van der Waals surface area contributed by atoms with E-state index >= 15 is 0 Å². The summed E-state index contributed by atoms with van der Waals surface area (Å²) in [5.74, 6) is -0.328. The summed E-state index contributed by atoms with van der Waals surface area (Å²) in [7, 11) is 1.71. The predicted octanol–water partition coefficient (Wildman–Crippen LogP) is 3.99. The van der Waals surface area contributed by atoms with E-state index in [9.17, 15) is 4.79 Å². The molecule has 3 rings (SSSR count). The maximum Gasteiger partial charge on any atom is 0.419 e. The Morgan fingerprint density at radius 3 is 2.74 bits per heavy atom. The van der Waals surface area contributed by atoms with Crippen LogP contribution in [0.4, 0.5) is 0 Å². The Hall–Kier alpha value is -1.22. The van der Waals surface area contributed by atoms with E-state index in [-0.39, 0.29) is 16.5 Å². The molecule has 0 saturated heterocycles. The molecule has 1 aromatic heterocycles. The Bertz CT molecular complexity index is 664. The molecule has 0 bridgehead atoms. The lowest BCUT2D eigenvalue weighted by atomic mass is 9.81. The number of hydrogen-bond donors (Lipinski definition) is 0. The summed E-state index contributed by atoms with van der Waals surface area (Å²) in [6.07, 6.45) is 4.83. The third-order valence-electron chi connectivity index (χ3n) is 4.47. The number of aromatic nitrogens is 1. The first-order chi connectivity index (χ1) is 9.01. The number of rotatable bonds is 2. The molecule has 2 aromatic rings. The Morgan fingerprint density at radius 2 is 2.05 bits per heavy atom. The molecule has 1 fully saturated rings. The highest BCUT2D eigenvalue weighted by Crippen LogP contribution is 2.50. The summed E-state index contributed by atoms with van der Waals surface area (Å²) in [5.41, 5.74) is 2.64. The van der Waals surface area contributed by atoms with Crippen LogP contribution < -0.4 is 5.76 Å². The Morgan fingerprint density at radius 1 is 1.37 bits per heavy atom. The van der Waals surface area contributed by atoms with E-state index in [0.717, 1.165) is 23.9 Å². The minimum Gasteiger partial charge on any atom is -0.408 e. The van der Waals surface area contributed by atoms with Gasteiger partial charge in [-0.2, -0.15) is 0 Å². The van der Waals surface area contributed by atoms with Gasteiger partial charge >= 0.3 is 5.76 Å². The van der Waals surface area contributed by atoms with Crippen molar-refractivity contribution in [3.8, 4) is 0 Å². The molecule has 1 aromatic carbocycles. The molecule has 1 aliphatic carbocycles. The largest absolute Gasteiger partial charge is 0.419 e. The fourth-order valence-electron chi connectivity index (χ4n) is 3.15. The fourth-order valence-corrected chi connectivity index (χ4v) is 3.50. The van der Waals surface area contributed by atoms with E-state index in [2.05, 4.69) is 6.92 Å².